The summed E-state index contributed by atoms with van der Waals surface area (Å²) < 4.78 is 13.5. The second-order valence-electron chi connectivity index (χ2n) is 4.35. The third-order valence-electron chi connectivity index (χ3n) is 2.74. The van der Waals surface area contributed by atoms with E-state index in [2.05, 4.69) is 26.6 Å². The van der Waals surface area contributed by atoms with E-state index in [9.17, 15) is 9.18 Å². The topological polar surface area (TPSA) is 41.1 Å². The highest BCUT2D eigenvalue weighted by Gasteiger charge is 2.13. The molecule has 2 aromatic rings. The summed E-state index contributed by atoms with van der Waals surface area (Å²) in [6.45, 7) is 1.75. The second-order valence-corrected chi connectivity index (χ2v) is 5.20. The Labute approximate surface area is 125 Å². The number of carbonyl (C=O) groups is 1. The lowest BCUT2D eigenvalue weighted by Crippen LogP contribution is -2.31. The minimum Gasteiger partial charge on any atom is -0.374 e. The number of anilines is 2. The lowest BCUT2D eigenvalue weighted by molar-refractivity contribution is -0.116. The zero-order valence-electron chi connectivity index (χ0n) is 10.9. The Balaban J connectivity index is 1.98. The van der Waals surface area contributed by atoms with Crippen LogP contribution in [0.4, 0.5) is 15.8 Å². The standard InChI is InChI=1S/C15H14BrFN2O/c1-10(15(20)19-11-5-3-2-4-6-11)18-12-7-8-14(17)13(16)9-12/h2-10,18H,1H3,(H,19,20). The Morgan fingerprint density at radius 3 is 2.50 bits per heavy atom. The van der Waals surface area contributed by atoms with E-state index in [0.29, 0.717) is 10.2 Å². The number of hydrogen-bond donors (Lipinski definition) is 2. The number of para-hydroxylation sites is 1. The molecule has 104 valence electrons. The van der Waals surface area contributed by atoms with Crippen molar-refractivity contribution >= 4 is 33.2 Å². The predicted octanol–water partition coefficient (Wildman–Crippen LogP) is 4.03. The van der Waals surface area contributed by atoms with Crippen molar-refractivity contribution in [3.63, 3.8) is 0 Å². The minimum atomic E-state index is -0.437. The highest BCUT2D eigenvalue weighted by molar-refractivity contribution is 9.10. The van der Waals surface area contributed by atoms with E-state index in [1.807, 2.05) is 30.3 Å². The van der Waals surface area contributed by atoms with Crippen LogP contribution in [0.3, 0.4) is 0 Å². The maximum Gasteiger partial charge on any atom is 0.246 e. The fourth-order valence-electron chi connectivity index (χ4n) is 1.67. The Bertz CT molecular complexity index is 604. The van der Waals surface area contributed by atoms with Gasteiger partial charge in [-0.1, -0.05) is 18.2 Å². The summed E-state index contributed by atoms with van der Waals surface area (Å²) >= 11 is 3.11. The summed E-state index contributed by atoms with van der Waals surface area (Å²) in [5, 5.41) is 5.82. The zero-order valence-corrected chi connectivity index (χ0v) is 12.4. The molecule has 0 bridgehead atoms. The molecule has 2 rings (SSSR count). The van der Waals surface area contributed by atoms with Crippen molar-refractivity contribution in [2.24, 2.45) is 0 Å². The van der Waals surface area contributed by atoms with E-state index in [0.717, 1.165) is 5.69 Å². The van der Waals surface area contributed by atoms with Crippen molar-refractivity contribution in [2.75, 3.05) is 10.6 Å². The summed E-state index contributed by atoms with van der Waals surface area (Å²) in [5.74, 6) is -0.492. The van der Waals surface area contributed by atoms with Crippen molar-refractivity contribution < 1.29 is 9.18 Å². The lowest BCUT2D eigenvalue weighted by Gasteiger charge is -2.15. The van der Waals surface area contributed by atoms with Gasteiger partial charge < -0.3 is 10.6 Å². The average Bonchev–Trinajstić information content (AvgIpc) is 2.44. The van der Waals surface area contributed by atoms with Crippen LogP contribution in [0.15, 0.2) is 53.0 Å². The third-order valence-corrected chi connectivity index (χ3v) is 3.35. The summed E-state index contributed by atoms with van der Waals surface area (Å²) in [6, 6.07) is 13.3. The monoisotopic (exact) mass is 336 g/mol. The first-order chi connectivity index (χ1) is 9.56. The molecule has 1 atom stereocenters. The molecule has 20 heavy (non-hydrogen) atoms. The minimum absolute atomic E-state index is 0.156. The molecule has 1 amide bonds. The van der Waals surface area contributed by atoms with Crippen molar-refractivity contribution in [3.8, 4) is 0 Å². The summed E-state index contributed by atoms with van der Waals surface area (Å²) in [4.78, 5) is 12.0. The van der Waals surface area contributed by atoms with Gasteiger partial charge in [0, 0.05) is 11.4 Å². The van der Waals surface area contributed by atoms with Crippen LogP contribution in [-0.4, -0.2) is 11.9 Å². The molecule has 2 N–H and O–H groups in total. The highest BCUT2D eigenvalue weighted by Crippen LogP contribution is 2.20. The van der Waals surface area contributed by atoms with Gasteiger partial charge in [-0.2, -0.15) is 0 Å². The van der Waals surface area contributed by atoms with E-state index in [-0.39, 0.29) is 11.7 Å². The summed E-state index contributed by atoms with van der Waals surface area (Å²) in [7, 11) is 0. The van der Waals surface area contributed by atoms with Gasteiger partial charge in [-0.25, -0.2) is 4.39 Å². The van der Waals surface area contributed by atoms with Gasteiger partial charge in [0.05, 0.1) is 4.47 Å². The van der Waals surface area contributed by atoms with Crippen molar-refractivity contribution in [1.82, 2.24) is 0 Å². The van der Waals surface area contributed by atoms with Crippen LogP contribution >= 0.6 is 15.9 Å². The van der Waals surface area contributed by atoms with Crippen LogP contribution in [0.5, 0.6) is 0 Å². The van der Waals surface area contributed by atoms with Crippen LogP contribution in [0, 0.1) is 5.82 Å². The lowest BCUT2D eigenvalue weighted by atomic mass is 10.2. The van der Waals surface area contributed by atoms with Gasteiger partial charge in [0.15, 0.2) is 0 Å². The normalized spacial score (nSPS) is 11.8. The first-order valence-electron chi connectivity index (χ1n) is 6.14. The molecule has 0 spiro atoms. The highest BCUT2D eigenvalue weighted by atomic mass is 79.9. The second kappa shape index (κ2) is 6.52. The molecule has 0 aliphatic heterocycles. The van der Waals surface area contributed by atoms with Gasteiger partial charge in [-0.15, -0.1) is 0 Å². The fraction of sp³-hybridized carbons (Fsp3) is 0.133. The molecule has 0 fully saturated rings. The van der Waals surface area contributed by atoms with Crippen molar-refractivity contribution in [1.29, 1.82) is 0 Å². The van der Waals surface area contributed by atoms with E-state index in [1.165, 1.54) is 6.07 Å². The zero-order chi connectivity index (χ0) is 14.5. The largest absolute Gasteiger partial charge is 0.374 e. The quantitative estimate of drug-likeness (QED) is 0.885. The number of amides is 1. The van der Waals surface area contributed by atoms with Crippen LogP contribution < -0.4 is 10.6 Å². The smallest absolute Gasteiger partial charge is 0.246 e. The molecule has 0 aromatic heterocycles. The summed E-state index contributed by atoms with van der Waals surface area (Å²) in [6.07, 6.45) is 0. The molecule has 0 aliphatic carbocycles. The van der Waals surface area contributed by atoms with Gasteiger partial charge >= 0.3 is 0 Å². The molecule has 2 aromatic carbocycles. The van der Waals surface area contributed by atoms with E-state index < -0.39 is 6.04 Å². The van der Waals surface area contributed by atoms with Gasteiger partial charge in [0.1, 0.15) is 11.9 Å². The maximum absolute atomic E-state index is 13.1. The molecule has 0 aliphatic rings. The van der Waals surface area contributed by atoms with E-state index in [4.69, 9.17) is 0 Å². The van der Waals surface area contributed by atoms with Crippen molar-refractivity contribution in [2.45, 2.75) is 13.0 Å². The maximum atomic E-state index is 13.1. The molecule has 3 nitrogen and oxygen atoms in total. The molecule has 0 saturated heterocycles. The number of hydrogen-bond acceptors (Lipinski definition) is 2. The third kappa shape index (κ3) is 3.81. The molecule has 5 heteroatoms. The van der Waals surface area contributed by atoms with Crippen LogP contribution in [0.2, 0.25) is 0 Å². The Hall–Kier alpha value is -1.88. The first-order valence-corrected chi connectivity index (χ1v) is 6.93. The number of benzene rings is 2. The molecular weight excluding hydrogens is 323 g/mol. The first kappa shape index (κ1) is 14.5. The Morgan fingerprint density at radius 1 is 1.15 bits per heavy atom. The number of halogens is 2. The number of nitrogens with one attached hydrogen (secondary N) is 2. The van der Waals surface area contributed by atoms with Gasteiger partial charge in [0.25, 0.3) is 0 Å². The Kier molecular flexibility index (Phi) is 4.74. The van der Waals surface area contributed by atoms with Gasteiger partial charge in [0.2, 0.25) is 5.91 Å². The SMILES string of the molecule is CC(Nc1ccc(F)c(Br)c1)C(=O)Nc1ccccc1. The van der Waals surface area contributed by atoms with E-state index in [1.54, 1.807) is 19.1 Å². The van der Waals surface area contributed by atoms with Crippen molar-refractivity contribution in [3.05, 3.63) is 58.8 Å². The Morgan fingerprint density at radius 2 is 1.85 bits per heavy atom. The van der Waals surface area contributed by atoms with Gasteiger partial charge in [-0.3, -0.25) is 4.79 Å². The predicted molar refractivity (Wildman–Crippen MR) is 82.3 cm³/mol. The average molecular weight is 337 g/mol. The molecule has 0 saturated carbocycles. The molecule has 0 heterocycles. The van der Waals surface area contributed by atoms with Crippen LogP contribution in [0.1, 0.15) is 6.92 Å². The molecular formula is C15H14BrFN2O. The van der Waals surface area contributed by atoms with Crippen LogP contribution in [0.25, 0.3) is 0 Å². The van der Waals surface area contributed by atoms with Crippen LogP contribution in [-0.2, 0) is 4.79 Å². The number of carbonyl (C=O) groups excluding carboxylic acids is 1. The number of rotatable bonds is 4. The molecule has 1 unspecified atom stereocenters. The van der Waals surface area contributed by atoms with Gasteiger partial charge in [-0.05, 0) is 53.2 Å². The fourth-order valence-corrected chi connectivity index (χ4v) is 2.05. The molecule has 0 radical (unpaired) electrons. The summed E-state index contributed by atoms with van der Waals surface area (Å²) in [5.41, 5.74) is 1.42. The van der Waals surface area contributed by atoms with E-state index >= 15 is 0 Å².